The Morgan fingerprint density at radius 2 is 2.24 bits per heavy atom. The lowest BCUT2D eigenvalue weighted by Crippen LogP contribution is -2.28. The maximum Gasteiger partial charge on any atom is 0.342 e. The van der Waals surface area contributed by atoms with Gasteiger partial charge in [-0.3, -0.25) is 14.6 Å². The topological polar surface area (TPSA) is 150 Å². The second-order valence-electron chi connectivity index (χ2n) is 4.80. The molecule has 0 fully saturated rings. The van der Waals surface area contributed by atoms with Crippen molar-refractivity contribution in [1.29, 1.82) is 0 Å². The Hall–Kier alpha value is -2.95. The van der Waals surface area contributed by atoms with Crippen LogP contribution in [0.4, 0.5) is 0 Å². The van der Waals surface area contributed by atoms with Crippen molar-refractivity contribution in [3.63, 3.8) is 0 Å². The number of hydrogen-bond acceptors (Lipinski definition) is 7. The Morgan fingerprint density at radius 3 is 2.92 bits per heavy atom. The summed E-state index contributed by atoms with van der Waals surface area (Å²) in [6, 6.07) is 3.14. The van der Waals surface area contributed by atoms with Gasteiger partial charge in [-0.1, -0.05) is 0 Å². The average Bonchev–Trinajstić information content (AvgIpc) is 2.57. The minimum atomic E-state index is -0.710. The maximum atomic E-state index is 11.7. The molecule has 1 heterocycles. The molecule has 2 aromatic rings. The molecule has 4 N–H and O–H groups in total. The molecule has 0 spiro atoms. The fraction of sp³-hybridized carbons (Fsp3) is 0.214. The van der Waals surface area contributed by atoms with Crippen molar-refractivity contribution in [2.45, 2.75) is 12.8 Å². The number of aromatic hydroxyl groups is 1. The predicted octanol–water partition coefficient (Wildman–Crippen LogP) is 0.0178. The summed E-state index contributed by atoms with van der Waals surface area (Å²) in [5, 5.41) is 19.2. The van der Waals surface area contributed by atoms with Gasteiger partial charge in [-0.25, -0.2) is 15.3 Å². The molecule has 0 aliphatic heterocycles. The molecule has 1 amide bonds. The van der Waals surface area contributed by atoms with Crippen LogP contribution in [0.3, 0.4) is 0 Å². The Bertz CT molecular complexity index is 921. The maximum absolute atomic E-state index is 11.7. The van der Waals surface area contributed by atoms with Gasteiger partial charge in [0.2, 0.25) is 5.91 Å². The number of nitrogens with one attached hydrogen (secondary N) is 3. The molecule has 0 unspecified atom stereocenters. The highest BCUT2D eigenvalue weighted by atomic mass is 79.9. The van der Waals surface area contributed by atoms with Crippen molar-refractivity contribution >= 4 is 28.1 Å². The van der Waals surface area contributed by atoms with Gasteiger partial charge < -0.3 is 9.84 Å². The molecule has 0 aliphatic carbocycles. The molecule has 25 heavy (non-hydrogen) atoms. The smallest absolute Gasteiger partial charge is 0.342 e. The molecule has 1 aromatic carbocycles. The van der Waals surface area contributed by atoms with Gasteiger partial charge in [0.25, 0.3) is 5.56 Å². The van der Waals surface area contributed by atoms with Gasteiger partial charge >= 0.3 is 5.69 Å². The number of ether oxygens (including phenoxy) is 1. The lowest BCUT2D eigenvalue weighted by atomic mass is 10.2. The molecular formula is C14H14BrN5O5. The molecule has 0 aliphatic rings. The zero-order valence-corrected chi connectivity index (χ0v) is 14.6. The van der Waals surface area contributed by atoms with Crippen molar-refractivity contribution in [3.8, 4) is 11.5 Å². The summed E-state index contributed by atoms with van der Waals surface area (Å²) in [5.74, 6) is -0.221. The molecule has 10 nitrogen and oxygen atoms in total. The fourth-order valence-corrected chi connectivity index (χ4v) is 2.29. The molecule has 0 saturated heterocycles. The zero-order valence-electron chi connectivity index (χ0n) is 13.0. The number of aryl methyl sites for hydroxylation is 1. The number of methoxy groups -OCH3 is 1. The summed E-state index contributed by atoms with van der Waals surface area (Å²) in [5.41, 5.74) is 1.59. The quantitative estimate of drug-likeness (QED) is 0.388. The highest BCUT2D eigenvalue weighted by Crippen LogP contribution is 2.34. The van der Waals surface area contributed by atoms with Crippen molar-refractivity contribution in [1.82, 2.24) is 20.6 Å². The molecule has 1 aromatic heterocycles. The highest BCUT2D eigenvalue weighted by Gasteiger charge is 2.08. The van der Waals surface area contributed by atoms with E-state index in [0.717, 1.165) is 0 Å². The third-order valence-corrected chi connectivity index (χ3v) is 3.65. The van der Waals surface area contributed by atoms with E-state index in [9.17, 15) is 19.5 Å². The van der Waals surface area contributed by atoms with Crippen LogP contribution in [0.2, 0.25) is 0 Å². The van der Waals surface area contributed by atoms with Crippen molar-refractivity contribution < 1.29 is 14.6 Å². The molecule has 0 bridgehead atoms. The summed E-state index contributed by atoms with van der Waals surface area (Å²) < 4.78 is 5.43. The first-order chi connectivity index (χ1) is 11.9. The molecule has 11 heteroatoms. The Kier molecular flexibility index (Phi) is 6.06. The second kappa shape index (κ2) is 8.24. The van der Waals surface area contributed by atoms with E-state index in [1.54, 1.807) is 12.1 Å². The van der Waals surface area contributed by atoms with E-state index in [1.165, 1.54) is 13.3 Å². The minimum absolute atomic E-state index is 0.0395. The van der Waals surface area contributed by atoms with Gasteiger partial charge in [-0.2, -0.15) is 10.2 Å². The monoisotopic (exact) mass is 411 g/mol. The number of aromatic amines is 2. The third-order valence-electron chi connectivity index (χ3n) is 3.04. The van der Waals surface area contributed by atoms with E-state index in [4.69, 9.17) is 4.74 Å². The summed E-state index contributed by atoms with van der Waals surface area (Å²) in [6.07, 6.45) is 1.38. The van der Waals surface area contributed by atoms with E-state index in [1.807, 2.05) is 4.98 Å². The number of nitrogens with zero attached hydrogens (tertiary/aromatic N) is 2. The lowest BCUT2D eigenvalue weighted by molar-refractivity contribution is -0.121. The van der Waals surface area contributed by atoms with Crippen molar-refractivity contribution in [2.75, 3.05) is 7.11 Å². The fourth-order valence-electron chi connectivity index (χ4n) is 1.83. The van der Waals surface area contributed by atoms with Crippen LogP contribution in [0, 0.1) is 0 Å². The number of halogens is 1. The first-order valence-electron chi connectivity index (χ1n) is 6.97. The number of hydrazone groups is 1. The van der Waals surface area contributed by atoms with Crippen LogP contribution in [0.25, 0.3) is 0 Å². The van der Waals surface area contributed by atoms with Crippen LogP contribution in [0.15, 0.2) is 31.3 Å². The van der Waals surface area contributed by atoms with Crippen LogP contribution >= 0.6 is 15.9 Å². The number of hydrogen-bond donors (Lipinski definition) is 4. The summed E-state index contributed by atoms with van der Waals surface area (Å²) in [6.45, 7) is 0. The average molecular weight is 412 g/mol. The second-order valence-corrected chi connectivity index (χ2v) is 5.65. The van der Waals surface area contributed by atoms with Crippen LogP contribution in [0.5, 0.6) is 11.5 Å². The van der Waals surface area contributed by atoms with Crippen molar-refractivity contribution in [2.24, 2.45) is 5.10 Å². The standard InChI is InChI=1S/C14H14BrN5O5/c1-25-10-5-7(4-8(15)12(10)22)6-16-19-11(21)3-2-9-13(23)17-14(24)20-18-9/h4-6,22H,2-3H2,1H3,(H,19,21)(H2,17,20,23,24)/b16-6+. The van der Waals surface area contributed by atoms with E-state index < -0.39 is 17.2 Å². The molecule has 132 valence electrons. The van der Waals surface area contributed by atoms with Gasteiger partial charge in [0, 0.05) is 12.8 Å². The summed E-state index contributed by atoms with van der Waals surface area (Å²) >= 11 is 3.18. The molecule has 0 atom stereocenters. The SMILES string of the molecule is COc1cc(/C=N/NC(=O)CCc2n[nH]c(=O)[nH]c2=O)cc(Br)c1O. The van der Waals surface area contributed by atoms with Gasteiger partial charge in [-0.05, 0) is 33.6 Å². The van der Waals surface area contributed by atoms with Crippen molar-refractivity contribution in [3.05, 3.63) is 48.7 Å². The van der Waals surface area contributed by atoms with Crippen LogP contribution in [-0.2, 0) is 11.2 Å². The van der Waals surface area contributed by atoms with Crippen LogP contribution in [0.1, 0.15) is 17.7 Å². The van der Waals surface area contributed by atoms with Gasteiger partial charge in [0.15, 0.2) is 11.5 Å². The molecular weight excluding hydrogens is 398 g/mol. The summed E-state index contributed by atoms with van der Waals surface area (Å²) in [4.78, 5) is 36.0. The van der Waals surface area contributed by atoms with E-state index in [-0.39, 0.29) is 30.0 Å². The molecule has 0 radical (unpaired) electrons. The molecule has 2 rings (SSSR count). The largest absolute Gasteiger partial charge is 0.503 e. The number of carbonyl (C=O) groups is 1. The molecule has 0 saturated carbocycles. The normalized spacial score (nSPS) is 10.8. The van der Waals surface area contributed by atoms with Crippen LogP contribution < -0.4 is 21.4 Å². The van der Waals surface area contributed by atoms with Crippen LogP contribution in [-0.4, -0.2) is 39.5 Å². The third kappa shape index (κ3) is 5.01. The Morgan fingerprint density at radius 1 is 1.48 bits per heavy atom. The van der Waals surface area contributed by atoms with Gasteiger partial charge in [0.1, 0.15) is 5.69 Å². The highest BCUT2D eigenvalue weighted by molar-refractivity contribution is 9.10. The Labute approximate surface area is 149 Å². The lowest BCUT2D eigenvalue weighted by Gasteiger charge is -2.06. The Balaban J connectivity index is 1.93. The number of H-pyrrole nitrogens is 2. The minimum Gasteiger partial charge on any atom is -0.503 e. The van der Waals surface area contributed by atoms with Gasteiger partial charge in [0.05, 0.1) is 17.8 Å². The van der Waals surface area contributed by atoms with E-state index in [2.05, 4.69) is 36.7 Å². The zero-order chi connectivity index (χ0) is 18.4. The predicted molar refractivity (Wildman–Crippen MR) is 91.9 cm³/mol. The number of aromatic nitrogens is 3. The first kappa shape index (κ1) is 18.4. The first-order valence-corrected chi connectivity index (χ1v) is 7.76. The van der Waals surface area contributed by atoms with Gasteiger partial charge in [-0.15, -0.1) is 0 Å². The van der Waals surface area contributed by atoms with E-state index in [0.29, 0.717) is 10.0 Å². The number of carbonyl (C=O) groups excluding carboxylic acids is 1. The number of rotatable bonds is 6. The number of phenols is 1. The number of amides is 1. The summed E-state index contributed by atoms with van der Waals surface area (Å²) in [7, 11) is 1.41. The van der Waals surface area contributed by atoms with E-state index >= 15 is 0 Å². The number of phenolic OH excluding ortho intramolecular Hbond substituents is 1. The number of benzene rings is 1.